The molecule has 1 aromatic heterocycles. The standard InChI is InChI=1S/C16H15ClF2N2OS/c1-9(15-12(18)4-3-5-13(15)19)23-10(2)16(22)21-14-7-6-11(17)8-20-14/h3-10H,1-2H3,(H,20,21,22). The molecule has 0 saturated heterocycles. The van der Waals surface area contributed by atoms with Crippen molar-refractivity contribution < 1.29 is 13.6 Å². The number of nitrogens with zero attached hydrogens (tertiary/aromatic N) is 1. The number of hydrogen-bond acceptors (Lipinski definition) is 3. The number of nitrogens with one attached hydrogen (secondary N) is 1. The van der Waals surface area contributed by atoms with Gasteiger partial charge in [-0.05, 0) is 38.1 Å². The van der Waals surface area contributed by atoms with Crippen LogP contribution in [-0.4, -0.2) is 16.1 Å². The van der Waals surface area contributed by atoms with Gasteiger partial charge in [0, 0.05) is 17.0 Å². The third-order valence-electron chi connectivity index (χ3n) is 3.16. The molecule has 1 amide bonds. The minimum absolute atomic E-state index is 0.0261. The first kappa shape index (κ1) is 17.7. The first-order valence-corrected chi connectivity index (χ1v) is 8.22. The van der Waals surface area contributed by atoms with Gasteiger partial charge in [-0.15, -0.1) is 11.8 Å². The number of pyridine rings is 1. The maximum Gasteiger partial charge on any atom is 0.238 e. The number of amides is 1. The summed E-state index contributed by atoms with van der Waals surface area (Å²) in [5.41, 5.74) is -0.0261. The predicted molar refractivity (Wildman–Crippen MR) is 89.7 cm³/mol. The van der Waals surface area contributed by atoms with Crippen molar-refractivity contribution in [2.45, 2.75) is 24.3 Å². The number of rotatable bonds is 5. The van der Waals surface area contributed by atoms with E-state index >= 15 is 0 Å². The highest BCUT2D eigenvalue weighted by molar-refractivity contribution is 8.00. The molecule has 0 aliphatic carbocycles. The van der Waals surface area contributed by atoms with Crippen LogP contribution in [0.2, 0.25) is 5.02 Å². The minimum atomic E-state index is -0.614. The van der Waals surface area contributed by atoms with Crippen LogP contribution >= 0.6 is 23.4 Å². The van der Waals surface area contributed by atoms with Crippen molar-refractivity contribution in [3.8, 4) is 0 Å². The fourth-order valence-electron chi connectivity index (χ4n) is 2.01. The van der Waals surface area contributed by atoms with E-state index in [1.165, 1.54) is 36.2 Å². The molecule has 1 aromatic carbocycles. The van der Waals surface area contributed by atoms with Crippen LogP contribution in [0.15, 0.2) is 36.5 Å². The predicted octanol–water partition coefficient (Wildman–Crippen LogP) is 4.83. The molecule has 0 bridgehead atoms. The largest absolute Gasteiger partial charge is 0.310 e. The van der Waals surface area contributed by atoms with Crippen LogP contribution in [0.3, 0.4) is 0 Å². The normalized spacial score (nSPS) is 13.4. The van der Waals surface area contributed by atoms with Crippen molar-refractivity contribution in [1.82, 2.24) is 4.98 Å². The van der Waals surface area contributed by atoms with E-state index in [0.29, 0.717) is 10.8 Å². The lowest BCUT2D eigenvalue weighted by atomic mass is 10.1. The SMILES string of the molecule is CC(SC(C)c1c(F)cccc1F)C(=O)Nc1ccc(Cl)cn1. The number of anilines is 1. The van der Waals surface area contributed by atoms with Crippen molar-refractivity contribution in [2.75, 3.05) is 5.32 Å². The van der Waals surface area contributed by atoms with E-state index in [1.54, 1.807) is 26.0 Å². The first-order valence-electron chi connectivity index (χ1n) is 6.90. The number of thioether (sulfide) groups is 1. The number of hydrogen-bond donors (Lipinski definition) is 1. The fraction of sp³-hybridized carbons (Fsp3) is 0.250. The Labute approximate surface area is 142 Å². The van der Waals surface area contributed by atoms with Crippen LogP contribution in [0.5, 0.6) is 0 Å². The summed E-state index contributed by atoms with van der Waals surface area (Å²) in [5, 5.41) is 2.09. The Morgan fingerprint density at radius 2 is 1.87 bits per heavy atom. The van der Waals surface area contributed by atoms with E-state index in [-0.39, 0.29) is 11.5 Å². The molecule has 2 unspecified atom stereocenters. The molecule has 0 saturated carbocycles. The average Bonchev–Trinajstić information content (AvgIpc) is 2.49. The Kier molecular flexibility index (Phi) is 5.96. The molecular weight excluding hydrogens is 342 g/mol. The highest BCUT2D eigenvalue weighted by Gasteiger charge is 2.22. The summed E-state index contributed by atoms with van der Waals surface area (Å²) >= 11 is 6.89. The fourth-order valence-corrected chi connectivity index (χ4v) is 3.28. The van der Waals surface area contributed by atoms with Crippen molar-refractivity contribution in [2.24, 2.45) is 0 Å². The molecule has 1 heterocycles. The molecule has 23 heavy (non-hydrogen) atoms. The van der Waals surface area contributed by atoms with Crippen LogP contribution in [0.1, 0.15) is 24.7 Å². The quantitative estimate of drug-likeness (QED) is 0.833. The molecule has 0 fully saturated rings. The van der Waals surface area contributed by atoms with Crippen molar-refractivity contribution in [3.63, 3.8) is 0 Å². The lowest BCUT2D eigenvalue weighted by Crippen LogP contribution is -2.23. The maximum atomic E-state index is 13.8. The highest BCUT2D eigenvalue weighted by Crippen LogP contribution is 2.35. The molecule has 2 aromatic rings. The van der Waals surface area contributed by atoms with Gasteiger partial charge in [-0.3, -0.25) is 4.79 Å². The van der Waals surface area contributed by atoms with Crippen LogP contribution < -0.4 is 5.32 Å². The maximum absolute atomic E-state index is 13.8. The van der Waals surface area contributed by atoms with E-state index in [2.05, 4.69) is 10.3 Å². The molecular formula is C16H15ClF2N2OS. The Hall–Kier alpha value is -1.66. The molecule has 2 atom stereocenters. The Bertz CT molecular complexity index is 677. The van der Waals surface area contributed by atoms with Gasteiger partial charge in [0.2, 0.25) is 5.91 Å². The molecule has 3 nitrogen and oxygen atoms in total. The van der Waals surface area contributed by atoms with Gasteiger partial charge in [0.15, 0.2) is 0 Å². The van der Waals surface area contributed by atoms with Gasteiger partial charge in [0.1, 0.15) is 17.5 Å². The summed E-state index contributed by atoms with van der Waals surface area (Å²) in [6.45, 7) is 3.33. The molecule has 0 radical (unpaired) electrons. The van der Waals surface area contributed by atoms with E-state index in [9.17, 15) is 13.6 Å². The monoisotopic (exact) mass is 356 g/mol. The molecule has 1 N–H and O–H groups in total. The van der Waals surface area contributed by atoms with Gasteiger partial charge >= 0.3 is 0 Å². The lowest BCUT2D eigenvalue weighted by Gasteiger charge is -2.18. The zero-order valence-electron chi connectivity index (χ0n) is 12.5. The number of aromatic nitrogens is 1. The van der Waals surface area contributed by atoms with Crippen molar-refractivity contribution in [1.29, 1.82) is 0 Å². The second kappa shape index (κ2) is 7.75. The van der Waals surface area contributed by atoms with E-state index < -0.39 is 22.1 Å². The molecule has 2 rings (SSSR count). The Morgan fingerprint density at radius 1 is 1.22 bits per heavy atom. The number of halogens is 3. The number of benzene rings is 1. The second-order valence-corrected chi connectivity index (χ2v) is 7.03. The smallest absolute Gasteiger partial charge is 0.238 e. The van der Waals surface area contributed by atoms with Crippen molar-refractivity contribution in [3.05, 3.63) is 58.7 Å². The van der Waals surface area contributed by atoms with Crippen LogP contribution in [0, 0.1) is 11.6 Å². The molecule has 122 valence electrons. The third-order valence-corrected chi connectivity index (χ3v) is 4.65. The summed E-state index contributed by atoms with van der Waals surface area (Å²) in [5.74, 6) is -1.15. The summed E-state index contributed by atoms with van der Waals surface area (Å²) < 4.78 is 27.5. The summed E-state index contributed by atoms with van der Waals surface area (Å²) in [6.07, 6.45) is 1.42. The number of carbonyl (C=O) groups is 1. The van der Waals surface area contributed by atoms with Gasteiger partial charge in [-0.1, -0.05) is 17.7 Å². The Balaban J connectivity index is 2.01. The summed E-state index contributed by atoms with van der Waals surface area (Å²) in [6, 6.07) is 6.92. The highest BCUT2D eigenvalue weighted by atomic mass is 35.5. The Morgan fingerprint density at radius 3 is 2.43 bits per heavy atom. The minimum Gasteiger partial charge on any atom is -0.310 e. The summed E-state index contributed by atoms with van der Waals surface area (Å²) in [4.78, 5) is 16.1. The van der Waals surface area contributed by atoms with E-state index in [0.717, 1.165) is 0 Å². The molecule has 0 aliphatic rings. The van der Waals surface area contributed by atoms with Gasteiger partial charge in [-0.2, -0.15) is 0 Å². The van der Waals surface area contributed by atoms with Gasteiger partial charge < -0.3 is 5.32 Å². The lowest BCUT2D eigenvalue weighted by molar-refractivity contribution is -0.115. The zero-order chi connectivity index (χ0) is 17.0. The van der Waals surface area contributed by atoms with E-state index in [4.69, 9.17) is 11.6 Å². The zero-order valence-corrected chi connectivity index (χ0v) is 14.1. The molecule has 7 heteroatoms. The third kappa shape index (κ3) is 4.65. The van der Waals surface area contributed by atoms with Gasteiger partial charge in [0.05, 0.1) is 10.3 Å². The second-order valence-electron chi connectivity index (χ2n) is 4.91. The van der Waals surface area contributed by atoms with Crippen molar-refractivity contribution >= 4 is 35.1 Å². The van der Waals surface area contributed by atoms with Crippen LogP contribution in [0.25, 0.3) is 0 Å². The topological polar surface area (TPSA) is 42.0 Å². The van der Waals surface area contributed by atoms with Crippen LogP contribution in [0.4, 0.5) is 14.6 Å². The molecule has 0 spiro atoms. The average molecular weight is 357 g/mol. The van der Waals surface area contributed by atoms with Crippen LogP contribution in [-0.2, 0) is 4.79 Å². The van der Waals surface area contributed by atoms with E-state index in [1.807, 2.05) is 0 Å². The number of carbonyl (C=O) groups excluding carboxylic acids is 1. The van der Waals surface area contributed by atoms with Gasteiger partial charge in [0.25, 0.3) is 0 Å². The summed E-state index contributed by atoms with van der Waals surface area (Å²) in [7, 11) is 0. The first-order chi connectivity index (χ1) is 10.9. The van der Waals surface area contributed by atoms with Gasteiger partial charge in [-0.25, -0.2) is 13.8 Å². The molecule has 0 aliphatic heterocycles.